The highest BCUT2D eigenvalue weighted by Crippen LogP contribution is 2.29. The molecule has 2 rings (SSSR count). The van der Waals surface area contributed by atoms with Gasteiger partial charge in [-0.1, -0.05) is 28.8 Å². The molecule has 118 valence electrons. The minimum absolute atomic E-state index is 0. The molecular formula is C15H21BrClFN2O. The third kappa shape index (κ3) is 4.18. The number of rotatable bonds is 4. The molecule has 1 saturated carbocycles. The summed E-state index contributed by atoms with van der Waals surface area (Å²) in [5, 5.41) is 0. The van der Waals surface area contributed by atoms with Crippen LogP contribution in [0.4, 0.5) is 4.39 Å². The summed E-state index contributed by atoms with van der Waals surface area (Å²) in [5.74, 6) is -0.353. The maximum atomic E-state index is 13.8. The summed E-state index contributed by atoms with van der Waals surface area (Å²) in [6, 6.07) is 4.77. The van der Waals surface area contributed by atoms with Crippen molar-refractivity contribution in [1.29, 1.82) is 0 Å². The molecule has 1 aromatic rings. The Hall–Kier alpha value is -0.650. The van der Waals surface area contributed by atoms with E-state index in [1.54, 1.807) is 17.0 Å². The monoisotopic (exact) mass is 378 g/mol. The molecule has 3 nitrogen and oxygen atoms in total. The number of amides is 1. The van der Waals surface area contributed by atoms with Crippen LogP contribution in [0, 0.1) is 5.82 Å². The molecule has 0 heterocycles. The lowest BCUT2D eigenvalue weighted by atomic mass is 9.97. The second-order valence-electron chi connectivity index (χ2n) is 5.42. The molecule has 0 spiro atoms. The van der Waals surface area contributed by atoms with E-state index in [1.165, 1.54) is 6.07 Å². The number of hydrogen-bond acceptors (Lipinski definition) is 2. The standard InChI is InChI=1S/C15H20BrFN2O.ClH/c1-2-19(14(20)15(18)7-3-4-8-15)10-11-9-12(16)5-6-13(11)17;/h5-6,9H,2-4,7-8,10,18H2,1H3;1H. The Labute approximate surface area is 139 Å². The SMILES string of the molecule is CCN(Cc1cc(Br)ccc1F)C(=O)C1(N)CCCC1.Cl. The largest absolute Gasteiger partial charge is 0.337 e. The minimum atomic E-state index is -0.751. The van der Waals surface area contributed by atoms with Crippen LogP contribution in [-0.2, 0) is 11.3 Å². The van der Waals surface area contributed by atoms with Crippen LogP contribution in [0.2, 0.25) is 0 Å². The highest BCUT2D eigenvalue weighted by molar-refractivity contribution is 9.10. The van der Waals surface area contributed by atoms with Crippen LogP contribution in [0.15, 0.2) is 22.7 Å². The van der Waals surface area contributed by atoms with Gasteiger partial charge in [-0.3, -0.25) is 4.79 Å². The first-order valence-corrected chi connectivity index (χ1v) is 7.78. The lowest BCUT2D eigenvalue weighted by Gasteiger charge is -2.31. The number of nitrogens with two attached hydrogens (primary N) is 1. The van der Waals surface area contributed by atoms with Crippen LogP contribution >= 0.6 is 28.3 Å². The molecule has 0 unspecified atom stereocenters. The maximum Gasteiger partial charge on any atom is 0.242 e. The second kappa shape index (κ2) is 7.56. The quantitative estimate of drug-likeness (QED) is 0.868. The Morgan fingerprint density at radius 1 is 1.43 bits per heavy atom. The van der Waals surface area contributed by atoms with Gasteiger partial charge in [0.05, 0.1) is 5.54 Å². The van der Waals surface area contributed by atoms with Crippen molar-refractivity contribution in [1.82, 2.24) is 4.90 Å². The predicted molar refractivity (Wildman–Crippen MR) is 87.8 cm³/mol. The Morgan fingerprint density at radius 2 is 2.05 bits per heavy atom. The van der Waals surface area contributed by atoms with Crippen molar-refractivity contribution in [2.75, 3.05) is 6.54 Å². The van der Waals surface area contributed by atoms with E-state index in [4.69, 9.17) is 5.73 Å². The average Bonchev–Trinajstić information content (AvgIpc) is 2.87. The number of hydrogen-bond donors (Lipinski definition) is 1. The fraction of sp³-hybridized carbons (Fsp3) is 0.533. The molecule has 1 amide bonds. The summed E-state index contributed by atoms with van der Waals surface area (Å²) in [6.45, 7) is 2.69. The van der Waals surface area contributed by atoms with E-state index in [0.717, 1.165) is 30.2 Å². The molecule has 0 saturated heterocycles. The summed E-state index contributed by atoms with van der Waals surface area (Å²) in [7, 11) is 0. The van der Waals surface area contributed by atoms with E-state index in [1.807, 2.05) is 6.92 Å². The summed E-state index contributed by atoms with van der Waals surface area (Å²) in [6.07, 6.45) is 3.43. The van der Waals surface area contributed by atoms with Gasteiger partial charge in [-0.05, 0) is 38.0 Å². The highest BCUT2D eigenvalue weighted by Gasteiger charge is 2.39. The molecule has 0 radical (unpaired) electrons. The van der Waals surface area contributed by atoms with E-state index < -0.39 is 5.54 Å². The Kier molecular flexibility index (Phi) is 6.63. The van der Waals surface area contributed by atoms with Crippen molar-refractivity contribution in [3.63, 3.8) is 0 Å². The average molecular weight is 380 g/mol. The number of halogens is 3. The van der Waals surface area contributed by atoms with Gasteiger partial charge in [0.15, 0.2) is 0 Å². The van der Waals surface area contributed by atoms with Crippen molar-refractivity contribution in [3.05, 3.63) is 34.1 Å². The predicted octanol–water partition coefficient (Wildman–Crippen LogP) is 3.63. The van der Waals surface area contributed by atoms with Crippen molar-refractivity contribution < 1.29 is 9.18 Å². The molecule has 2 N–H and O–H groups in total. The lowest BCUT2D eigenvalue weighted by Crippen LogP contribution is -2.53. The first-order chi connectivity index (χ1) is 9.46. The fourth-order valence-corrected chi connectivity index (χ4v) is 3.14. The first-order valence-electron chi connectivity index (χ1n) is 6.98. The Bertz CT molecular complexity index is 506. The lowest BCUT2D eigenvalue weighted by molar-refractivity contribution is -0.137. The Balaban J connectivity index is 0.00000220. The van der Waals surface area contributed by atoms with Crippen molar-refractivity contribution in [2.45, 2.75) is 44.7 Å². The number of carbonyl (C=O) groups is 1. The summed E-state index contributed by atoms with van der Waals surface area (Å²) in [4.78, 5) is 14.2. The van der Waals surface area contributed by atoms with Gasteiger partial charge in [-0.2, -0.15) is 0 Å². The first kappa shape index (κ1) is 18.4. The van der Waals surface area contributed by atoms with Gasteiger partial charge in [0, 0.05) is 23.1 Å². The zero-order valence-corrected chi connectivity index (χ0v) is 14.5. The van der Waals surface area contributed by atoms with Gasteiger partial charge in [-0.15, -0.1) is 12.4 Å². The molecule has 0 aromatic heterocycles. The van der Waals surface area contributed by atoms with Gasteiger partial charge in [0.2, 0.25) is 5.91 Å². The highest BCUT2D eigenvalue weighted by atomic mass is 79.9. The smallest absolute Gasteiger partial charge is 0.242 e. The van der Waals surface area contributed by atoms with Gasteiger partial charge in [0.25, 0.3) is 0 Å². The van der Waals surface area contributed by atoms with Crippen LogP contribution in [-0.4, -0.2) is 22.9 Å². The third-order valence-corrected chi connectivity index (χ3v) is 4.45. The van der Waals surface area contributed by atoms with E-state index >= 15 is 0 Å². The van der Waals surface area contributed by atoms with E-state index in [2.05, 4.69) is 15.9 Å². The molecule has 1 fully saturated rings. The molecular weight excluding hydrogens is 359 g/mol. The zero-order chi connectivity index (χ0) is 14.8. The molecule has 21 heavy (non-hydrogen) atoms. The topological polar surface area (TPSA) is 46.3 Å². The molecule has 1 aromatic carbocycles. The normalized spacial score (nSPS) is 16.4. The molecule has 1 aliphatic rings. The number of likely N-dealkylation sites (N-methyl/N-ethyl adjacent to an activating group) is 1. The third-order valence-electron chi connectivity index (χ3n) is 3.96. The Morgan fingerprint density at radius 3 is 2.62 bits per heavy atom. The summed E-state index contributed by atoms with van der Waals surface area (Å²) in [5.41, 5.74) is 5.97. The molecule has 0 atom stereocenters. The van der Waals surface area contributed by atoms with Crippen LogP contribution in [0.25, 0.3) is 0 Å². The second-order valence-corrected chi connectivity index (χ2v) is 6.33. The van der Waals surface area contributed by atoms with Crippen molar-refractivity contribution >= 4 is 34.2 Å². The molecule has 6 heteroatoms. The number of carbonyl (C=O) groups excluding carboxylic acids is 1. The van der Waals surface area contributed by atoms with Crippen LogP contribution < -0.4 is 5.73 Å². The zero-order valence-electron chi connectivity index (χ0n) is 12.1. The van der Waals surface area contributed by atoms with Crippen molar-refractivity contribution in [3.8, 4) is 0 Å². The van der Waals surface area contributed by atoms with Gasteiger partial charge in [-0.25, -0.2) is 4.39 Å². The molecule has 0 aliphatic heterocycles. The van der Waals surface area contributed by atoms with Crippen LogP contribution in [0.3, 0.4) is 0 Å². The fourth-order valence-electron chi connectivity index (χ4n) is 2.73. The summed E-state index contributed by atoms with van der Waals surface area (Å²) >= 11 is 3.33. The molecule has 1 aliphatic carbocycles. The van der Waals surface area contributed by atoms with Gasteiger partial charge in [0.1, 0.15) is 5.82 Å². The van der Waals surface area contributed by atoms with E-state index in [0.29, 0.717) is 12.1 Å². The van der Waals surface area contributed by atoms with Crippen LogP contribution in [0.1, 0.15) is 38.2 Å². The van der Waals surface area contributed by atoms with Crippen LogP contribution in [0.5, 0.6) is 0 Å². The van der Waals surface area contributed by atoms with Gasteiger partial charge >= 0.3 is 0 Å². The summed E-state index contributed by atoms with van der Waals surface area (Å²) < 4.78 is 14.6. The van der Waals surface area contributed by atoms with Gasteiger partial charge < -0.3 is 10.6 Å². The van der Waals surface area contributed by atoms with E-state index in [9.17, 15) is 9.18 Å². The minimum Gasteiger partial charge on any atom is -0.337 e. The molecule has 0 bridgehead atoms. The maximum absolute atomic E-state index is 13.8. The number of nitrogens with zero attached hydrogens (tertiary/aromatic N) is 1. The van der Waals surface area contributed by atoms with Crippen molar-refractivity contribution in [2.24, 2.45) is 5.73 Å². The van der Waals surface area contributed by atoms with E-state index in [-0.39, 0.29) is 30.7 Å². The number of benzene rings is 1.